The molecule has 0 unspecified atom stereocenters. The van der Waals surface area contributed by atoms with Crippen LogP contribution in [0.25, 0.3) is 17.1 Å². The average Bonchev–Trinajstić information content (AvgIpc) is 3.61. The summed E-state index contributed by atoms with van der Waals surface area (Å²) in [4.78, 5) is 13.2. The Morgan fingerprint density at radius 1 is 1.11 bits per heavy atom. The maximum Gasteiger partial charge on any atom is 0.255 e. The molecule has 138 valence electrons. The molecule has 1 amide bonds. The van der Waals surface area contributed by atoms with E-state index in [-0.39, 0.29) is 5.91 Å². The van der Waals surface area contributed by atoms with Gasteiger partial charge < -0.3 is 9.73 Å². The highest BCUT2D eigenvalue weighted by Crippen LogP contribution is 2.44. The van der Waals surface area contributed by atoms with Crippen molar-refractivity contribution in [2.24, 2.45) is 11.8 Å². The monoisotopic (exact) mass is 361 g/mol. The van der Waals surface area contributed by atoms with Crippen molar-refractivity contribution in [3.63, 3.8) is 0 Å². The highest BCUT2D eigenvalue weighted by atomic mass is 16.3. The maximum absolute atomic E-state index is 13.2. The molecule has 2 heterocycles. The third-order valence-electron chi connectivity index (χ3n) is 5.51. The number of hydrogen-bond acceptors (Lipinski definition) is 3. The molecular weight excluding hydrogens is 338 g/mol. The number of aromatic nitrogens is 2. The molecule has 5 heteroatoms. The second kappa shape index (κ2) is 6.41. The molecule has 2 aromatic heterocycles. The van der Waals surface area contributed by atoms with Crippen LogP contribution in [0.15, 0.2) is 53.1 Å². The summed E-state index contributed by atoms with van der Waals surface area (Å²) in [5, 5.41) is 7.98. The van der Waals surface area contributed by atoms with E-state index in [2.05, 4.69) is 10.4 Å². The van der Waals surface area contributed by atoms with Gasteiger partial charge >= 0.3 is 0 Å². The Bertz CT molecular complexity index is 953. The molecule has 0 atom stereocenters. The van der Waals surface area contributed by atoms with E-state index in [1.165, 1.54) is 25.7 Å². The lowest BCUT2D eigenvalue weighted by atomic mass is 10.1. The predicted molar refractivity (Wildman–Crippen MR) is 103 cm³/mol. The van der Waals surface area contributed by atoms with Gasteiger partial charge in [-0.15, -0.1) is 0 Å². The lowest BCUT2D eigenvalue weighted by Gasteiger charge is -2.17. The lowest BCUT2D eigenvalue weighted by molar-refractivity contribution is 0.0926. The molecule has 0 saturated heterocycles. The second-order valence-corrected chi connectivity index (χ2v) is 7.76. The summed E-state index contributed by atoms with van der Waals surface area (Å²) in [5.41, 5.74) is 2.08. The van der Waals surface area contributed by atoms with Crippen molar-refractivity contribution in [3.05, 3.63) is 60.0 Å². The van der Waals surface area contributed by atoms with Gasteiger partial charge in [-0.3, -0.25) is 4.79 Å². The van der Waals surface area contributed by atoms with Crippen LogP contribution in [-0.4, -0.2) is 21.7 Å². The maximum atomic E-state index is 13.2. The van der Waals surface area contributed by atoms with Crippen LogP contribution in [0.5, 0.6) is 0 Å². The number of benzene rings is 1. The van der Waals surface area contributed by atoms with E-state index in [0.717, 1.165) is 11.4 Å². The van der Waals surface area contributed by atoms with Gasteiger partial charge in [-0.2, -0.15) is 5.10 Å². The number of nitrogens with one attached hydrogen (secondary N) is 1. The quantitative estimate of drug-likeness (QED) is 0.710. The summed E-state index contributed by atoms with van der Waals surface area (Å²) in [6, 6.07) is 13.9. The van der Waals surface area contributed by atoms with Crippen molar-refractivity contribution < 1.29 is 9.21 Å². The van der Waals surface area contributed by atoms with Crippen LogP contribution in [0.2, 0.25) is 0 Å². The van der Waals surface area contributed by atoms with Crippen molar-refractivity contribution in [2.45, 2.75) is 38.6 Å². The molecule has 0 radical (unpaired) electrons. The molecule has 5 rings (SSSR count). The Labute approximate surface area is 158 Å². The number of rotatable bonds is 6. The number of furan rings is 1. The van der Waals surface area contributed by atoms with Crippen molar-refractivity contribution in [1.82, 2.24) is 15.1 Å². The molecule has 1 N–H and O–H groups in total. The molecule has 1 aromatic carbocycles. The number of amides is 1. The van der Waals surface area contributed by atoms with E-state index in [0.29, 0.717) is 34.9 Å². The fourth-order valence-electron chi connectivity index (χ4n) is 3.76. The number of para-hydroxylation sites is 1. The molecule has 27 heavy (non-hydrogen) atoms. The van der Waals surface area contributed by atoms with E-state index in [4.69, 9.17) is 4.42 Å². The molecule has 2 fully saturated rings. The zero-order chi connectivity index (χ0) is 18.4. The van der Waals surface area contributed by atoms with E-state index >= 15 is 0 Å². The lowest BCUT2D eigenvalue weighted by Crippen LogP contribution is -2.38. The molecule has 0 aliphatic heterocycles. The van der Waals surface area contributed by atoms with Gasteiger partial charge in [0.25, 0.3) is 5.91 Å². The smallest absolute Gasteiger partial charge is 0.255 e. The van der Waals surface area contributed by atoms with Gasteiger partial charge in [-0.25, -0.2) is 4.68 Å². The first-order valence-corrected chi connectivity index (χ1v) is 9.72. The molecule has 2 saturated carbocycles. The van der Waals surface area contributed by atoms with Crippen LogP contribution < -0.4 is 5.32 Å². The molecule has 0 spiro atoms. The summed E-state index contributed by atoms with van der Waals surface area (Å²) in [7, 11) is 0. The van der Waals surface area contributed by atoms with Crippen LogP contribution in [0.1, 0.15) is 41.8 Å². The van der Waals surface area contributed by atoms with E-state index in [1.807, 2.05) is 55.6 Å². The molecule has 2 aliphatic carbocycles. The standard InChI is InChI=1S/C22H23N3O2/c1-14-7-12-19(27-14)21-18(13-25(24-21)17-5-3-2-4-6-17)22(26)23-20(15-8-9-15)16-10-11-16/h2-7,12-13,15-16,20H,8-11H2,1H3,(H,23,26). The Hall–Kier alpha value is -2.82. The number of carbonyl (C=O) groups excluding carboxylic acids is 1. The first kappa shape index (κ1) is 16.4. The minimum Gasteiger partial charge on any atom is -0.460 e. The van der Waals surface area contributed by atoms with Crippen LogP contribution in [0, 0.1) is 18.8 Å². The molecule has 0 bridgehead atoms. The Morgan fingerprint density at radius 3 is 2.41 bits per heavy atom. The van der Waals surface area contributed by atoms with Crippen LogP contribution in [0.3, 0.4) is 0 Å². The summed E-state index contributed by atoms with van der Waals surface area (Å²) < 4.78 is 7.53. The van der Waals surface area contributed by atoms with Crippen molar-refractivity contribution >= 4 is 5.91 Å². The topological polar surface area (TPSA) is 60.1 Å². The average molecular weight is 361 g/mol. The number of nitrogens with zero attached hydrogens (tertiary/aromatic N) is 2. The van der Waals surface area contributed by atoms with Gasteiger partial charge in [-0.05, 0) is 68.7 Å². The summed E-state index contributed by atoms with van der Waals surface area (Å²) >= 11 is 0. The first-order valence-electron chi connectivity index (χ1n) is 9.72. The van der Waals surface area contributed by atoms with E-state index < -0.39 is 0 Å². The highest BCUT2D eigenvalue weighted by molar-refractivity contribution is 5.99. The summed E-state index contributed by atoms with van der Waals surface area (Å²) in [6.45, 7) is 1.90. The van der Waals surface area contributed by atoms with Crippen molar-refractivity contribution in [3.8, 4) is 17.1 Å². The number of carbonyl (C=O) groups is 1. The fourth-order valence-corrected chi connectivity index (χ4v) is 3.76. The highest BCUT2D eigenvalue weighted by Gasteiger charge is 2.42. The van der Waals surface area contributed by atoms with Gasteiger partial charge in [0, 0.05) is 12.2 Å². The molecular formula is C22H23N3O2. The third kappa shape index (κ3) is 3.29. The van der Waals surface area contributed by atoms with Crippen LogP contribution >= 0.6 is 0 Å². The zero-order valence-electron chi connectivity index (χ0n) is 15.4. The van der Waals surface area contributed by atoms with Crippen LogP contribution in [-0.2, 0) is 0 Å². The number of hydrogen-bond donors (Lipinski definition) is 1. The summed E-state index contributed by atoms with van der Waals surface area (Å²) in [6.07, 6.45) is 6.74. The molecule has 3 aromatic rings. The van der Waals surface area contributed by atoms with Gasteiger partial charge in [0.15, 0.2) is 5.76 Å². The molecule has 5 nitrogen and oxygen atoms in total. The Kier molecular flexibility index (Phi) is 3.88. The summed E-state index contributed by atoms with van der Waals surface area (Å²) in [5.74, 6) is 2.69. The zero-order valence-corrected chi connectivity index (χ0v) is 15.4. The number of aryl methyl sites for hydroxylation is 1. The van der Waals surface area contributed by atoms with Crippen molar-refractivity contribution in [1.29, 1.82) is 0 Å². The van der Waals surface area contributed by atoms with Gasteiger partial charge in [0.2, 0.25) is 0 Å². The fraction of sp³-hybridized carbons (Fsp3) is 0.364. The molecule has 2 aliphatic rings. The Balaban J connectivity index is 1.51. The van der Waals surface area contributed by atoms with E-state index in [1.54, 1.807) is 4.68 Å². The Morgan fingerprint density at radius 2 is 1.81 bits per heavy atom. The second-order valence-electron chi connectivity index (χ2n) is 7.76. The SMILES string of the molecule is Cc1ccc(-c2nn(-c3ccccc3)cc2C(=O)NC(C2CC2)C2CC2)o1. The largest absolute Gasteiger partial charge is 0.460 e. The minimum atomic E-state index is -0.0509. The van der Waals surface area contributed by atoms with Gasteiger partial charge in [-0.1, -0.05) is 18.2 Å². The minimum absolute atomic E-state index is 0.0509. The predicted octanol–water partition coefficient (Wildman–Crippen LogP) is 4.36. The van der Waals surface area contributed by atoms with Crippen molar-refractivity contribution in [2.75, 3.05) is 0 Å². The third-order valence-corrected chi connectivity index (χ3v) is 5.51. The normalized spacial score (nSPS) is 16.7. The first-order chi connectivity index (χ1) is 13.2. The van der Waals surface area contributed by atoms with Gasteiger partial charge in [0.1, 0.15) is 11.5 Å². The van der Waals surface area contributed by atoms with Crippen LogP contribution in [0.4, 0.5) is 0 Å². The van der Waals surface area contributed by atoms with Gasteiger partial charge in [0.05, 0.1) is 11.3 Å². The van der Waals surface area contributed by atoms with E-state index in [9.17, 15) is 4.79 Å².